The number of hydrogen-bond acceptors (Lipinski definition) is 4. The summed E-state index contributed by atoms with van der Waals surface area (Å²) >= 11 is 0. The minimum atomic E-state index is -0.128. The largest absolute Gasteiger partial charge is 0.383 e. The van der Waals surface area contributed by atoms with Gasteiger partial charge in [-0.25, -0.2) is 0 Å². The van der Waals surface area contributed by atoms with Crippen LogP contribution in [-0.4, -0.2) is 56.6 Å². The lowest BCUT2D eigenvalue weighted by molar-refractivity contribution is -0.130. The summed E-state index contributed by atoms with van der Waals surface area (Å²) in [6.07, 6.45) is 2.16. The molecule has 0 aromatic heterocycles. The second-order valence-corrected chi connectivity index (χ2v) is 6.24. The molecular weight excluding hydrogens is 306 g/mol. The Morgan fingerprint density at radius 2 is 1.88 bits per heavy atom. The van der Waals surface area contributed by atoms with Gasteiger partial charge in [-0.2, -0.15) is 0 Å². The van der Waals surface area contributed by atoms with Crippen LogP contribution < -0.4 is 10.6 Å². The van der Waals surface area contributed by atoms with E-state index in [2.05, 4.69) is 17.6 Å². The molecule has 0 bridgehead atoms. The van der Waals surface area contributed by atoms with E-state index in [4.69, 9.17) is 4.74 Å². The Balaban J connectivity index is 1.77. The van der Waals surface area contributed by atoms with Crippen LogP contribution in [0.15, 0.2) is 24.3 Å². The van der Waals surface area contributed by atoms with Gasteiger partial charge in [-0.1, -0.05) is 6.92 Å². The number of carbonyl (C=O) groups excluding carboxylic acids is 2. The number of piperidine rings is 1. The average Bonchev–Trinajstić information content (AvgIpc) is 2.61. The molecule has 2 amide bonds. The van der Waals surface area contributed by atoms with Gasteiger partial charge < -0.3 is 20.3 Å². The van der Waals surface area contributed by atoms with E-state index in [0.29, 0.717) is 24.6 Å². The van der Waals surface area contributed by atoms with Gasteiger partial charge in [0.25, 0.3) is 5.91 Å². The van der Waals surface area contributed by atoms with E-state index in [0.717, 1.165) is 31.6 Å². The number of nitrogens with zero attached hydrogens (tertiary/aromatic N) is 1. The quantitative estimate of drug-likeness (QED) is 0.746. The third-order valence-electron chi connectivity index (χ3n) is 4.32. The zero-order valence-electron chi connectivity index (χ0n) is 14.5. The molecule has 0 aliphatic carbocycles. The van der Waals surface area contributed by atoms with Crippen LogP contribution in [0.5, 0.6) is 0 Å². The van der Waals surface area contributed by atoms with Gasteiger partial charge in [0, 0.05) is 38.0 Å². The summed E-state index contributed by atoms with van der Waals surface area (Å²) in [5.41, 5.74) is 1.43. The Morgan fingerprint density at radius 3 is 2.50 bits per heavy atom. The molecule has 1 fully saturated rings. The van der Waals surface area contributed by atoms with Gasteiger partial charge in [0.2, 0.25) is 5.91 Å². The van der Waals surface area contributed by atoms with Gasteiger partial charge in [0.1, 0.15) is 0 Å². The summed E-state index contributed by atoms with van der Waals surface area (Å²) in [5, 5.41) is 5.90. The van der Waals surface area contributed by atoms with Crippen LogP contribution in [-0.2, 0) is 9.53 Å². The van der Waals surface area contributed by atoms with E-state index in [9.17, 15) is 9.59 Å². The smallest absolute Gasteiger partial charge is 0.251 e. The molecule has 1 saturated heterocycles. The van der Waals surface area contributed by atoms with Crippen molar-refractivity contribution in [3.63, 3.8) is 0 Å². The van der Waals surface area contributed by atoms with Crippen molar-refractivity contribution in [1.29, 1.82) is 0 Å². The number of hydrogen-bond donors (Lipinski definition) is 2. The van der Waals surface area contributed by atoms with Crippen molar-refractivity contribution >= 4 is 17.5 Å². The molecule has 24 heavy (non-hydrogen) atoms. The van der Waals surface area contributed by atoms with E-state index < -0.39 is 0 Å². The third-order valence-corrected chi connectivity index (χ3v) is 4.32. The van der Waals surface area contributed by atoms with Crippen molar-refractivity contribution in [2.24, 2.45) is 5.92 Å². The fourth-order valence-electron chi connectivity index (χ4n) is 2.66. The van der Waals surface area contributed by atoms with E-state index in [1.54, 1.807) is 19.2 Å². The van der Waals surface area contributed by atoms with Gasteiger partial charge >= 0.3 is 0 Å². The second kappa shape index (κ2) is 9.27. The molecule has 132 valence electrons. The third kappa shape index (κ3) is 5.53. The van der Waals surface area contributed by atoms with Gasteiger partial charge in [-0.3, -0.25) is 9.59 Å². The molecule has 2 N–H and O–H groups in total. The minimum absolute atomic E-state index is 0.128. The van der Waals surface area contributed by atoms with Crippen molar-refractivity contribution in [3.8, 4) is 0 Å². The summed E-state index contributed by atoms with van der Waals surface area (Å²) in [5.74, 6) is 0.713. The summed E-state index contributed by atoms with van der Waals surface area (Å²) in [6.45, 7) is 5.19. The number of methoxy groups -OCH3 is 1. The van der Waals surface area contributed by atoms with Gasteiger partial charge in [-0.05, 0) is 43.0 Å². The average molecular weight is 333 g/mol. The van der Waals surface area contributed by atoms with Crippen LogP contribution in [0, 0.1) is 5.92 Å². The van der Waals surface area contributed by atoms with E-state index in [1.165, 1.54) is 0 Å². The zero-order chi connectivity index (χ0) is 17.4. The topological polar surface area (TPSA) is 70.7 Å². The molecule has 1 aromatic rings. The number of nitrogens with one attached hydrogen (secondary N) is 2. The van der Waals surface area contributed by atoms with Crippen LogP contribution in [0.3, 0.4) is 0 Å². The Kier molecular flexibility index (Phi) is 7.06. The maximum Gasteiger partial charge on any atom is 0.251 e. The molecule has 1 aliphatic rings. The number of ether oxygens (including phenoxy) is 1. The van der Waals surface area contributed by atoms with Crippen LogP contribution in [0.4, 0.5) is 5.69 Å². The predicted octanol–water partition coefficient (Wildman–Crippen LogP) is 1.73. The molecule has 0 saturated carbocycles. The van der Waals surface area contributed by atoms with Crippen molar-refractivity contribution in [3.05, 3.63) is 29.8 Å². The normalized spacial score (nSPS) is 15.2. The molecule has 0 atom stereocenters. The lowest BCUT2D eigenvalue weighted by Gasteiger charge is -2.30. The van der Waals surface area contributed by atoms with Gasteiger partial charge in [0.05, 0.1) is 13.2 Å². The summed E-state index contributed by atoms with van der Waals surface area (Å²) in [7, 11) is 1.60. The fraction of sp³-hybridized carbons (Fsp3) is 0.556. The van der Waals surface area contributed by atoms with E-state index in [-0.39, 0.29) is 18.4 Å². The molecule has 0 unspecified atom stereocenters. The first-order valence-corrected chi connectivity index (χ1v) is 8.49. The molecule has 1 heterocycles. The number of anilines is 1. The summed E-state index contributed by atoms with van der Waals surface area (Å²) in [6, 6.07) is 7.13. The SMILES string of the molecule is COCCNC(=O)c1ccc(NCC(=O)N2CCC(C)CC2)cc1. The van der Waals surface area contributed by atoms with Gasteiger partial charge in [0.15, 0.2) is 0 Å². The minimum Gasteiger partial charge on any atom is -0.383 e. The highest BCUT2D eigenvalue weighted by atomic mass is 16.5. The predicted molar refractivity (Wildman–Crippen MR) is 94.1 cm³/mol. The summed E-state index contributed by atoms with van der Waals surface area (Å²) in [4.78, 5) is 26.0. The van der Waals surface area contributed by atoms with Crippen LogP contribution in [0.25, 0.3) is 0 Å². The first kappa shape index (κ1) is 18.3. The maximum absolute atomic E-state index is 12.2. The van der Waals surface area contributed by atoms with E-state index in [1.807, 2.05) is 17.0 Å². The second-order valence-electron chi connectivity index (χ2n) is 6.24. The lowest BCUT2D eigenvalue weighted by Crippen LogP contribution is -2.40. The molecule has 1 aromatic carbocycles. The molecule has 2 rings (SSSR count). The van der Waals surface area contributed by atoms with Crippen molar-refractivity contribution in [1.82, 2.24) is 10.2 Å². The van der Waals surface area contributed by atoms with E-state index >= 15 is 0 Å². The standard InChI is InChI=1S/C18H27N3O3/c1-14-7-10-21(11-8-14)17(22)13-20-16-5-3-15(4-6-16)18(23)19-9-12-24-2/h3-6,14,20H,7-13H2,1-2H3,(H,19,23). The van der Waals surface area contributed by atoms with Crippen LogP contribution in [0.1, 0.15) is 30.1 Å². The molecule has 0 spiro atoms. The maximum atomic E-state index is 12.2. The number of likely N-dealkylation sites (tertiary alicyclic amines) is 1. The Morgan fingerprint density at radius 1 is 1.21 bits per heavy atom. The molecule has 6 nitrogen and oxygen atoms in total. The Hall–Kier alpha value is -2.08. The Labute approximate surface area is 143 Å². The lowest BCUT2D eigenvalue weighted by atomic mass is 9.99. The first-order chi connectivity index (χ1) is 11.6. The Bertz CT molecular complexity index is 537. The number of amides is 2. The monoisotopic (exact) mass is 333 g/mol. The highest BCUT2D eigenvalue weighted by Gasteiger charge is 2.19. The number of benzene rings is 1. The highest BCUT2D eigenvalue weighted by molar-refractivity contribution is 5.94. The number of carbonyl (C=O) groups is 2. The molecular formula is C18H27N3O3. The highest BCUT2D eigenvalue weighted by Crippen LogP contribution is 2.16. The fourth-order valence-corrected chi connectivity index (χ4v) is 2.66. The first-order valence-electron chi connectivity index (χ1n) is 8.49. The van der Waals surface area contributed by atoms with Crippen molar-refractivity contribution < 1.29 is 14.3 Å². The molecule has 1 aliphatic heterocycles. The summed E-state index contributed by atoms with van der Waals surface area (Å²) < 4.78 is 4.90. The number of rotatable bonds is 7. The molecule has 0 radical (unpaired) electrons. The molecule has 6 heteroatoms. The zero-order valence-corrected chi connectivity index (χ0v) is 14.5. The van der Waals surface area contributed by atoms with Crippen LogP contribution >= 0.6 is 0 Å². The van der Waals surface area contributed by atoms with Crippen LogP contribution in [0.2, 0.25) is 0 Å². The van der Waals surface area contributed by atoms with Gasteiger partial charge in [-0.15, -0.1) is 0 Å². The van der Waals surface area contributed by atoms with Crippen molar-refractivity contribution in [2.45, 2.75) is 19.8 Å². The van der Waals surface area contributed by atoms with Crippen molar-refractivity contribution in [2.75, 3.05) is 45.2 Å².